The molecule has 0 unspecified atom stereocenters. The van der Waals surface area contributed by atoms with Crippen molar-refractivity contribution in [3.63, 3.8) is 0 Å². The number of halogens is 1. The lowest BCUT2D eigenvalue weighted by Crippen LogP contribution is -2.23. The number of amides is 1. The molecular weight excluding hydrogens is 378 g/mol. The highest BCUT2D eigenvalue weighted by Gasteiger charge is 2.10. The maximum atomic E-state index is 12.0. The van der Waals surface area contributed by atoms with Crippen LogP contribution in [0.25, 0.3) is 0 Å². The second-order valence-electron chi connectivity index (χ2n) is 5.17. The molecule has 9 heteroatoms. The van der Waals surface area contributed by atoms with E-state index in [1.54, 1.807) is 16.0 Å². The second kappa shape index (κ2) is 8.98. The van der Waals surface area contributed by atoms with Gasteiger partial charge in [0.2, 0.25) is 11.1 Å². The summed E-state index contributed by atoms with van der Waals surface area (Å²) in [6.07, 6.45) is 0.390. The molecule has 1 amide bonds. The van der Waals surface area contributed by atoms with E-state index in [1.807, 2.05) is 41.8 Å². The molecule has 0 aliphatic carbocycles. The summed E-state index contributed by atoms with van der Waals surface area (Å²) in [5, 5.41) is 18.0. The first-order chi connectivity index (χ1) is 12.2. The first-order valence-electron chi connectivity index (χ1n) is 7.64. The lowest BCUT2D eigenvalue weighted by atomic mass is 10.2. The fourth-order valence-corrected chi connectivity index (χ4v) is 3.81. The molecule has 0 saturated heterocycles. The number of hydrogen-bond donors (Lipinski definition) is 1. The van der Waals surface area contributed by atoms with Crippen molar-refractivity contribution in [2.24, 2.45) is 0 Å². The van der Waals surface area contributed by atoms with Crippen molar-refractivity contribution in [1.29, 1.82) is 0 Å². The van der Waals surface area contributed by atoms with Crippen LogP contribution in [0.5, 0.6) is 0 Å². The summed E-state index contributed by atoms with van der Waals surface area (Å²) in [6.45, 7) is 1.07. The Balaban J connectivity index is 1.43. The van der Waals surface area contributed by atoms with E-state index >= 15 is 0 Å². The summed E-state index contributed by atoms with van der Waals surface area (Å²) >= 11 is 9.21. The molecule has 0 saturated carbocycles. The van der Waals surface area contributed by atoms with E-state index in [0.29, 0.717) is 35.4 Å². The fraction of sp³-hybridized carbons (Fsp3) is 0.250. The van der Waals surface area contributed by atoms with Gasteiger partial charge in [-0.15, -0.1) is 16.4 Å². The summed E-state index contributed by atoms with van der Waals surface area (Å²) in [7, 11) is 0. The Hall–Kier alpha value is -1.90. The molecule has 0 radical (unpaired) electrons. The molecule has 25 heavy (non-hydrogen) atoms. The highest BCUT2D eigenvalue weighted by Crippen LogP contribution is 2.18. The van der Waals surface area contributed by atoms with Gasteiger partial charge in [0.05, 0.1) is 6.54 Å². The van der Waals surface area contributed by atoms with E-state index in [2.05, 4.69) is 20.8 Å². The van der Waals surface area contributed by atoms with E-state index in [4.69, 9.17) is 11.6 Å². The Morgan fingerprint density at radius 3 is 2.96 bits per heavy atom. The number of thioether (sulfide) groups is 1. The van der Waals surface area contributed by atoms with Crippen LogP contribution < -0.4 is 5.32 Å². The molecule has 130 valence electrons. The largest absolute Gasteiger partial charge is 0.352 e. The zero-order valence-electron chi connectivity index (χ0n) is 13.3. The first kappa shape index (κ1) is 17.9. The van der Waals surface area contributed by atoms with Crippen LogP contribution in [0.4, 0.5) is 0 Å². The molecule has 1 aromatic carbocycles. The number of hydrogen-bond acceptors (Lipinski definition) is 6. The van der Waals surface area contributed by atoms with Gasteiger partial charge in [-0.3, -0.25) is 4.79 Å². The molecule has 1 N–H and O–H groups in total. The molecule has 0 aliphatic rings. The van der Waals surface area contributed by atoms with Crippen LogP contribution in [0, 0.1) is 0 Å². The van der Waals surface area contributed by atoms with Gasteiger partial charge in [0.15, 0.2) is 0 Å². The van der Waals surface area contributed by atoms with Crippen molar-refractivity contribution in [2.45, 2.75) is 24.7 Å². The van der Waals surface area contributed by atoms with Crippen LogP contribution >= 0.6 is 34.7 Å². The van der Waals surface area contributed by atoms with Crippen molar-refractivity contribution in [3.8, 4) is 0 Å². The molecule has 2 aromatic heterocycles. The van der Waals surface area contributed by atoms with Gasteiger partial charge >= 0.3 is 0 Å². The summed E-state index contributed by atoms with van der Waals surface area (Å²) in [5.74, 6) is 0.587. The Kier molecular flexibility index (Phi) is 6.43. The smallest absolute Gasteiger partial charge is 0.221 e. The highest BCUT2D eigenvalue weighted by molar-refractivity contribution is 7.99. The molecule has 0 spiro atoms. The van der Waals surface area contributed by atoms with Gasteiger partial charge in [0.1, 0.15) is 0 Å². The first-order valence-corrected chi connectivity index (χ1v) is 9.88. The van der Waals surface area contributed by atoms with Crippen LogP contribution in [-0.2, 0) is 17.9 Å². The van der Waals surface area contributed by atoms with Gasteiger partial charge in [0.25, 0.3) is 0 Å². The average molecular weight is 394 g/mol. The predicted octanol–water partition coefficient (Wildman–Crippen LogP) is 3.23. The topological polar surface area (TPSA) is 72.7 Å². The number of tetrazole rings is 1. The number of thiophene rings is 1. The van der Waals surface area contributed by atoms with Crippen LogP contribution in [0.2, 0.25) is 5.02 Å². The number of aromatic nitrogens is 4. The normalized spacial score (nSPS) is 10.8. The van der Waals surface area contributed by atoms with Gasteiger partial charge in [-0.1, -0.05) is 47.6 Å². The van der Waals surface area contributed by atoms with Crippen LogP contribution in [0.15, 0.2) is 46.9 Å². The van der Waals surface area contributed by atoms with Gasteiger partial charge < -0.3 is 5.32 Å². The third-order valence-corrected chi connectivity index (χ3v) is 5.57. The molecule has 0 fully saturated rings. The second-order valence-corrected chi connectivity index (χ2v) is 7.67. The van der Waals surface area contributed by atoms with Gasteiger partial charge in [-0.2, -0.15) is 0 Å². The quantitative estimate of drug-likeness (QED) is 0.595. The molecule has 2 heterocycles. The maximum Gasteiger partial charge on any atom is 0.221 e. The number of rotatable bonds is 8. The van der Waals surface area contributed by atoms with Crippen molar-refractivity contribution in [3.05, 3.63) is 57.2 Å². The van der Waals surface area contributed by atoms with E-state index in [9.17, 15) is 4.79 Å². The SMILES string of the molecule is O=C(CCSc1nnnn1Cc1cccs1)NCc1ccccc1Cl. The van der Waals surface area contributed by atoms with Crippen molar-refractivity contribution in [1.82, 2.24) is 25.5 Å². The molecule has 3 aromatic rings. The zero-order valence-corrected chi connectivity index (χ0v) is 15.7. The molecule has 6 nitrogen and oxygen atoms in total. The standard InChI is InChI=1S/C16H16ClN5OS2/c17-14-6-2-1-4-12(14)10-18-15(23)7-9-25-16-19-20-21-22(16)11-13-5-3-8-24-13/h1-6,8H,7,9-11H2,(H,18,23). The molecule has 3 rings (SSSR count). The van der Waals surface area contributed by atoms with E-state index in [-0.39, 0.29) is 5.91 Å². The lowest BCUT2D eigenvalue weighted by Gasteiger charge is -2.07. The van der Waals surface area contributed by atoms with E-state index in [1.165, 1.54) is 16.6 Å². The Bertz CT molecular complexity index is 822. The summed E-state index contributed by atoms with van der Waals surface area (Å²) in [5.41, 5.74) is 0.907. The highest BCUT2D eigenvalue weighted by atomic mass is 35.5. The maximum absolute atomic E-state index is 12.0. The monoisotopic (exact) mass is 393 g/mol. The minimum Gasteiger partial charge on any atom is -0.352 e. The minimum atomic E-state index is -0.0234. The third-order valence-electron chi connectivity index (χ3n) is 3.38. The average Bonchev–Trinajstić information content (AvgIpc) is 3.27. The minimum absolute atomic E-state index is 0.0234. The van der Waals surface area contributed by atoms with Gasteiger partial charge in [0, 0.05) is 28.6 Å². The number of carbonyl (C=O) groups excluding carboxylic acids is 1. The lowest BCUT2D eigenvalue weighted by molar-refractivity contribution is -0.120. The van der Waals surface area contributed by atoms with Crippen molar-refractivity contribution < 1.29 is 4.79 Å². The number of carbonyl (C=O) groups is 1. The zero-order chi connectivity index (χ0) is 17.5. The van der Waals surface area contributed by atoms with Crippen LogP contribution in [0.1, 0.15) is 16.9 Å². The fourth-order valence-electron chi connectivity index (χ4n) is 2.11. The molecular formula is C16H16ClN5OS2. The van der Waals surface area contributed by atoms with Gasteiger partial charge in [-0.05, 0) is 33.5 Å². The van der Waals surface area contributed by atoms with Gasteiger partial charge in [-0.25, -0.2) is 4.68 Å². The Morgan fingerprint density at radius 1 is 1.28 bits per heavy atom. The molecule has 0 bridgehead atoms. The summed E-state index contributed by atoms with van der Waals surface area (Å²) in [6, 6.07) is 11.5. The van der Waals surface area contributed by atoms with Crippen LogP contribution in [0.3, 0.4) is 0 Å². The summed E-state index contributed by atoms with van der Waals surface area (Å²) in [4.78, 5) is 13.2. The molecule has 0 atom stereocenters. The Labute approximate surface area is 158 Å². The van der Waals surface area contributed by atoms with E-state index in [0.717, 1.165) is 5.56 Å². The summed E-state index contributed by atoms with van der Waals surface area (Å²) < 4.78 is 1.75. The van der Waals surface area contributed by atoms with E-state index < -0.39 is 0 Å². The Morgan fingerprint density at radius 2 is 2.16 bits per heavy atom. The number of nitrogens with zero attached hydrogens (tertiary/aromatic N) is 4. The third kappa shape index (κ3) is 5.29. The predicted molar refractivity (Wildman–Crippen MR) is 99.9 cm³/mol. The van der Waals surface area contributed by atoms with Crippen molar-refractivity contribution in [2.75, 3.05) is 5.75 Å². The van der Waals surface area contributed by atoms with Crippen LogP contribution in [-0.4, -0.2) is 31.9 Å². The number of nitrogens with one attached hydrogen (secondary N) is 1. The van der Waals surface area contributed by atoms with Crippen molar-refractivity contribution >= 4 is 40.6 Å². The molecule has 0 aliphatic heterocycles. The number of benzene rings is 1.